The van der Waals surface area contributed by atoms with Crippen molar-refractivity contribution in [3.05, 3.63) is 83.0 Å². The number of fused-ring (bicyclic) bond motifs is 2. The molecule has 1 heterocycles. The molecule has 0 fully saturated rings. The largest absolute Gasteiger partial charge is 0.457 e. The van der Waals surface area contributed by atoms with E-state index in [1.54, 1.807) is 6.08 Å². The van der Waals surface area contributed by atoms with Crippen molar-refractivity contribution in [2.24, 2.45) is 0 Å². The predicted octanol–water partition coefficient (Wildman–Crippen LogP) is 6.01. The second-order valence-electron chi connectivity index (χ2n) is 8.24. The molecule has 0 saturated heterocycles. The van der Waals surface area contributed by atoms with Crippen LogP contribution in [0.15, 0.2) is 77.3 Å². The van der Waals surface area contributed by atoms with Gasteiger partial charge in [-0.2, -0.15) is 0 Å². The zero-order chi connectivity index (χ0) is 22.9. The third-order valence-electron chi connectivity index (χ3n) is 5.77. The van der Waals surface area contributed by atoms with Gasteiger partial charge in [0.1, 0.15) is 0 Å². The number of para-hydroxylation sites is 1. The lowest BCUT2D eigenvalue weighted by molar-refractivity contribution is -0.144. The molecule has 4 nitrogen and oxygen atoms in total. The van der Waals surface area contributed by atoms with Crippen LogP contribution in [0.5, 0.6) is 0 Å². The van der Waals surface area contributed by atoms with Gasteiger partial charge in [-0.15, -0.1) is 11.8 Å². The van der Waals surface area contributed by atoms with E-state index in [4.69, 9.17) is 16.3 Å². The van der Waals surface area contributed by atoms with Crippen molar-refractivity contribution >= 4 is 51.6 Å². The third kappa shape index (κ3) is 4.27. The van der Waals surface area contributed by atoms with Crippen LogP contribution in [-0.4, -0.2) is 31.2 Å². The van der Waals surface area contributed by atoms with Gasteiger partial charge in [0, 0.05) is 45.2 Å². The van der Waals surface area contributed by atoms with Crippen LogP contribution < -0.4 is 4.90 Å². The molecular formula is C26H24ClNO3S. The van der Waals surface area contributed by atoms with Gasteiger partial charge < -0.3 is 9.64 Å². The number of hydrogen-bond donors (Lipinski definition) is 0. The standard InChI is InChI=1S/C26H24ClNO3S/c1-26(2)19-10-4-5-12-21(19)28(3)23(26)14-18(29)15-31-24(30)16-32-22-13-7-9-17-8-6-11-20(27)25(17)22/h4-14H,15-16H2,1-3H3. The maximum absolute atomic E-state index is 12.6. The first kappa shape index (κ1) is 22.4. The van der Waals surface area contributed by atoms with Crippen molar-refractivity contribution in [3.8, 4) is 0 Å². The summed E-state index contributed by atoms with van der Waals surface area (Å²) in [5.74, 6) is -0.571. The fourth-order valence-electron chi connectivity index (χ4n) is 4.17. The zero-order valence-electron chi connectivity index (χ0n) is 18.2. The number of esters is 1. The van der Waals surface area contributed by atoms with Gasteiger partial charge in [0.2, 0.25) is 0 Å². The summed E-state index contributed by atoms with van der Waals surface area (Å²) in [6.45, 7) is 3.90. The molecule has 0 bridgehead atoms. The van der Waals surface area contributed by atoms with Crippen molar-refractivity contribution in [1.29, 1.82) is 0 Å². The van der Waals surface area contributed by atoms with Crippen molar-refractivity contribution in [3.63, 3.8) is 0 Å². The molecule has 3 aromatic rings. The van der Waals surface area contributed by atoms with Crippen molar-refractivity contribution in [2.45, 2.75) is 24.2 Å². The van der Waals surface area contributed by atoms with Crippen LogP contribution in [0.25, 0.3) is 10.8 Å². The Hall–Kier alpha value is -2.76. The Morgan fingerprint density at radius 1 is 1.06 bits per heavy atom. The molecule has 1 aliphatic heterocycles. The fraction of sp³-hybridized carbons (Fsp3) is 0.231. The SMILES string of the molecule is CN1C(=CC(=O)COC(=O)CSc2cccc3cccc(Cl)c23)C(C)(C)c2ccccc21. The summed E-state index contributed by atoms with van der Waals surface area (Å²) < 4.78 is 5.25. The van der Waals surface area contributed by atoms with E-state index in [1.807, 2.05) is 66.5 Å². The van der Waals surface area contributed by atoms with Crippen LogP contribution in [-0.2, 0) is 19.7 Å². The van der Waals surface area contributed by atoms with Gasteiger partial charge >= 0.3 is 5.97 Å². The van der Waals surface area contributed by atoms with Crippen LogP contribution in [0, 0.1) is 0 Å². The van der Waals surface area contributed by atoms with Gasteiger partial charge in [0.05, 0.1) is 5.75 Å². The number of nitrogens with zero attached hydrogens (tertiary/aromatic N) is 1. The number of allylic oxidation sites excluding steroid dienone is 1. The van der Waals surface area contributed by atoms with Crippen LogP contribution in [0.3, 0.4) is 0 Å². The van der Waals surface area contributed by atoms with Crippen molar-refractivity contribution in [2.75, 3.05) is 24.3 Å². The van der Waals surface area contributed by atoms with Crippen molar-refractivity contribution in [1.82, 2.24) is 0 Å². The van der Waals surface area contributed by atoms with Crippen LogP contribution in [0.4, 0.5) is 5.69 Å². The van der Waals surface area contributed by atoms with E-state index >= 15 is 0 Å². The molecule has 0 aromatic heterocycles. The van der Waals surface area contributed by atoms with Gasteiger partial charge in [-0.3, -0.25) is 9.59 Å². The Balaban J connectivity index is 1.38. The summed E-state index contributed by atoms with van der Waals surface area (Å²) in [6.07, 6.45) is 1.59. The highest BCUT2D eigenvalue weighted by Crippen LogP contribution is 2.46. The lowest BCUT2D eigenvalue weighted by atomic mass is 9.83. The molecule has 0 saturated carbocycles. The molecule has 4 rings (SSSR count). The Bertz CT molecular complexity index is 1230. The molecule has 0 spiro atoms. The van der Waals surface area contributed by atoms with Crippen molar-refractivity contribution < 1.29 is 14.3 Å². The van der Waals surface area contributed by atoms with Gasteiger partial charge in [-0.25, -0.2) is 0 Å². The molecule has 0 unspecified atom stereocenters. The number of carbonyl (C=O) groups is 2. The average molecular weight is 466 g/mol. The Morgan fingerprint density at radius 3 is 2.53 bits per heavy atom. The van der Waals surface area contributed by atoms with E-state index in [0.29, 0.717) is 5.02 Å². The molecule has 0 amide bonds. The maximum Gasteiger partial charge on any atom is 0.316 e. The molecule has 32 heavy (non-hydrogen) atoms. The Kier molecular flexibility index (Phi) is 6.31. The second-order valence-corrected chi connectivity index (χ2v) is 9.66. The molecule has 3 aromatic carbocycles. The molecule has 0 radical (unpaired) electrons. The first-order valence-electron chi connectivity index (χ1n) is 10.3. The minimum atomic E-state index is -0.437. The third-order valence-corrected chi connectivity index (χ3v) is 7.12. The van der Waals surface area contributed by atoms with Crippen LogP contribution in [0.1, 0.15) is 19.4 Å². The van der Waals surface area contributed by atoms with Gasteiger partial charge in [-0.1, -0.05) is 67.9 Å². The number of rotatable bonds is 6. The fourth-order valence-corrected chi connectivity index (χ4v) is 5.41. The van der Waals surface area contributed by atoms with E-state index in [2.05, 4.69) is 19.9 Å². The quantitative estimate of drug-likeness (QED) is 0.253. The minimum absolute atomic E-state index is 0.102. The van der Waals surface area contributed by atoms with E-state index < -0.39 is 5.97 Å². The van der Waals surface area contributed by atoms with E-state index in [1.165, 1.54) is 17.3 Å². The first-order chi connectivity index (χ1) is 15.3. The molecule has 164 valence electrons. The Labute approximate surface area is 197 Å². The number of thioether (sulfide) groups is 1. The summed E-state index contributed by atoms with van der Waals surface area (Å²) in [7, 11) is 1.95. The van der Waals surface area contributed by atoms with Gasteiger partial charge in [0.15, 0.2) is 12.4 Å². The highest BCUT2D eigenvalue weighted by Gasteiger charge is 2.38. The number of anilines is 1. The van der Waals surface area contributed by atoms with Gasteiger partial charge in [-0.05, 0) is 29.1 Å². The number of halogens is 1. The van der Waals surface area contributed by atoms with Gasteiger partial charge in [0.25, 0.3) is 0 Å². The van der Waals surface area contributed by atoms with Crippen LogP contribution >= 0.6 is 23.4 Å². The number of ketones is 1. The molecular weight excluding hydrogens is 442 g/mol. The number of likely N-dealkylation sites (N-methyl/N-ethyl adjacent to an activating group) is 1. The maximum atomic E-state index is 12.6. The summed E-state index contributed by atoms with van der Waals surface area (Å²) >= 11 is 7.70. The highest BCUT2D eigenvalue weighted by molar-refractivity contribution is 8.00. The average Bonchev–Trinajstić information content (AvgIpc) is 2.97. The van der Waals surface area contributed by atoms with Crippen LogP contribution in [0.2, 0.25) is 5.02 Å². The first-order valence-corrected chi connectivity index (χ1v) is 11.7. The molecule has 0 atom stereocenters. The monoisotopic (exact) mass is 465 g/mol. The zero-order valence-corrected chi connectivity index (χ0v) is 19.8. The topological polar surface area (TPSA) is 46.6 Å². The van der Waals surface area contributed by atoms with E-state index in [-0.39, 0.29) is 23.6 Å². The number of benzene rings is 3. The predicted molar refractivity (Wildman–Crippen MR) is 132 cm³/mol. The molecule has 6 heteroatoms. The smallest absolute Gasteiger partial charge is 0.316 e. The lowest BCUT2D eigenvalue weighted by Gasteiger charge is -2.23. The number of hydrogen-bond acceptors (Lipinski definition) is 5. The molecule has 0 aliphatic carbocycles. The number of carbonyl (C=O) groups excluding carboxylic acids is 2. The van der Waals surface area contributed by atoms with E-state index in [0.717, 1.165) is 27.1 Å². The summed E-state index contributed by atoms with van der Waals surface area (Å²) in [5, 5.41) is 2.58. The lowest BCUT2D eigenvalue weighted by Crippen LogP contribution is -2.25. The minimum Gasteiger partial charge on any atom is -0.457 e. The number of ether oxygens (including phenoxy) is 1. The molecule has 0 N–H and O–H groups in total. The molecule has 1 aliphatic rings. The normalized spacial score (nSPS) is 15.8. The highest BCUT2D eigenvalue weighted by atomic mass is 35.5. The van der Waals surface area contributed by atoms with E-state index in [9.17, 15) is 9.59 Å². The Morgan fingerprint density at radius 2 is 1.78 bits per heavy atom. The summed E-state index contributed by atoms with van der Waals surface area (Å²) in [5.41, 5.74) is 2.84. The summed E-state index contributed by atoms with van der Waals surface area (Å²) in [4.78, 5) is 27.8. The second kappa shape index (κ2) is 9.00. The summed E-state index contributed by atoms with van der Waals surface area (Å²) in [6, 6.07) is 19.7.